The summed E-state index contributed by atoms with van der Waals surface area (Å²) in [6.07, 6.45) is 4.62. The van der Waals surface area contributed by atoms with Crippen LogP contribution >= 0.6 is 0 Å². The lowest BCUT2D eigenvalue weighted by Gasteiger charge is -2.33. The first kappa shape index (κ1) is 16.7. The molecule has 0 aliphatic carbocycles. The van der Waals surface area contributed by atoms with E-state index in [4.69, 9.17) is 9.47 Å². The summed E-state index contributed by atoms with van der Waals surface area (Å²) in [5.74, 6) is 2.59. The smallest absolute Gasteiger partial charge is 0.236 e. The number of nitrogens with zero attached hydrogens (tertiary/aromatic N) is 2. The van der Waals surface area contributed by atoms with Crippen LogP contribution in [0, 0.1) is 5.92 Å². The third-order valence-corrected chi connectivity index (χ3v) is 5.66. The SMILES string of the molecule is C[C@H]1CCCN(C(=O)CN2CCC[C@H]2c2ccc3c(c2)OCCO3)C1. The first-order chi connectivity index (χ1) is 12.2. The van der Waals surface area contributed by atoms with Gasteiger partial charge in [-0.25, -0.2) is 0 Å². The summed E-state index contributed by atoms with van der Waals surface area (Å²) in [4.78, 5) is 17.2. The van der Waals surface area contributed by atoms with Crippen LogP contribution in [0.3, 0.4) is 0 Å². The number of piperidine rings is 1. The number of fused-ring (bicyclic) bond motifs is 1. The molecule has 2 saturated heterocycles. The number of carbonyl (C=O) groups is 1. The highest BCUT2D eigenvalue weighted by Crippen LogP contribution is 2.38. The lowest BCUT2D eigenvalue weighted by molar-refractivity contribution is -0.134. The van der Waals surface area contributed by atoms with Crippen LogP contribution < -0.4 is 9.47 Å². The van der Waals surface area contributed by atoms with Gasteiger partial charge in [0.1, 0.15) is 13.2 Å². The number of likely N-dealkylation sites (tertiary alicyclic amines) is 2. The molecule has 0 spiro atoms. The highest BCUT2D eigenvalue weighted by atomic mass is 16.6. The second-order valence-corrected chi connectivity index (χ2v) is 7.62. The molecule has 1 amide bonds. The van der Waals surface area contributed by atoms with E-state index in [0.29, 0.717) is 31.7 Å². The number of carbonyl (C=O) groups excluding carboxylic acids is 1. The van der Waals surface area contributed by atoms with Crippen LogP contribution in [0.5, 0.6) is 11.5 Å². The molecule has 0 N–H and O–H groups in total. The van der Waals surface area contributed by atoms with Crippen LogP contribution in [0.2, 0.25) is 0 Å². The Morgan fingerprint density at radius 1 is 1.12 bits per heavy atom. The van der Waals surface area contributed by atoms with Crippen molar-refractivity contribution >= 4 is 5.91 Å². The first-order valence-corrected chi connectivity index (χ1v) is 9.62. The second-order valence-electron chi connectivity index (χ2n) is 7.62. The fourth-order valence-electron chi connectivity index (χ4n) is 4.35. The first-order valence-electron chi connectivity index (χ1n) is 9.62. The Balaban J connectivity index is 1.44. The van der Waals surface area contributed by atoms with Crippen molar-refractivity contribution in [3.63, 3.8) is 0 Å². The van der Waals surface area contributed by atoms with E-state index >= 15 is 0 Å². The summed E-state index contributed by atoms with van der Waals surface area (Å²) in [6.45, 7) is 6.83. The molecule has 1 aromatic carbocycles. The molecule has 0 saturated carbocycles. The number of ether oxygens (including phenoxy) is 2. The Morgan fingerprint density at radius 3 is 2.76 bits per heavy atom. The summed E-state index contributed by atoms with van der Waals surface area (Å²) in [7, 11) is 0. The predicted octanol–water partition coefficient (Wildman–Crippen LogP) is 2.85. The zero-order valence-corrected chi connectivity index (χ0v) is 15.1. The average molecular weight is 344 g/mol. The maximum Gasteiger partial charge on any atom is 0.236 e. The van der Waals surface area contributed by atoms with Gasteiger partial charge in [-0.15, -0.1) is 0 Å². The number of hydrogen-bond acceptors (Lipinski definition) is 4. The van der Waals surface area contributed by atoms with Gasteiger partial charge in [-0.05, 0) is 55.8 Å². The van der Waals surface area contributed by atoms with E-state index in [-0.39, 0.29) is 5.91 Å². The Kier molecular flexibility index (Phi) is 4.84. The third-order valence-electron chi connectivity index (χ3n) is 5.66. The van der Waals surface area contributed by atoms with E-state index in [1.54, 1.807) is 0 Å². The van der Waals surface area contributed by atoms with Crippen LogP contribution in [-0.4, -0.2) is 55.1 Å². The molecule has 0 bridgehead atoms. The second kappa shape index (κ2) is 7.24. The fraction of sp³-hybridized carbons (Fsp3) is 0.650. The van der Waals surface area contributed by atoms with Crippen molar-refractivity contribution in [1.29, 1.82) is 0 Å². The Hall–Kier alpha value is -1.75. The topological polar surface area (TPSA) is 42.0 Å². The standard InChI is InChI=1S/C20H28N2O3/c1-15-4-2-9-22(13-15)20(23)14-21-8-3-5-17(21)16-6-7-18-19(12-16)25-11-10-24-18/h6-7,12,15,17H,2-5,8-11,13-14H2,1H3/t15-,17-/m0/s1. The summed E-state index contributed by atoms with van der Waals surface area (Å²) >= 11 is 0. The van der Waals surface area contributed by atoms with Gasteiger partial charge in [-0.1, -0.05) is 13.0 Å². The maximum absolute atomic E-state index is 12.7. The normalized spacial score (nSPS) is 26.7. The van der Waals surface area contributed by atoms with Gasteiger partial charge in [0.05, 0.1) is 6.54 Å². The molecule has 3 aliphatic heterocycles. The molecule has 5 nitrogen and oxygen atoms in total. The molecule has 2 atom stereocenters. The molecule has 2 fully saturated rings. The van der Waals surface area contributed by atoms with Crippen LogP contribution in [-0.2, 0) is 4.79 Å². The van der Waals surface area contributed by atoms with Crippen LogP contribution in [0.4, 0.5) is 0 Å². The van der Waals surface area contributed by atoms with Gasteiger partial charge in [0.15, 0.2) is 11.5 Å². The summed E-state index contributed by atoms with van der Waals surface area (Å²) in [5.41, 5.74) is 1.24. The molecule has 0 radical (unpaired) electrons. The van der Waals surface area contributed by atoms with Crippen molar-refractivity contribution in [2.24, 2.45) is 5.92 Å². The highest BCUT2D eigenvalue weighted by Gasteiger charge is 2.31. The monoisotopic (exact) mass is 344 g/mol. The lowest BCUT2D eigenvalue weighted by atomic mass is 10.00. The van der Waals surface area contributed by atoms with Gasteiger partial charge < -0.3 is 14.4 Å². The lowest BCUT2D eigenvalue weighted by Crippen LogP contribution is -2.44. The Morgan fingerprint density at radius 2 is 1.92 bits per heavy atom. The molecule has 5 heteroatoms. The van der Waals surface area contributed by atoms with E-state index in [1.165, 1.54) is 12.0 Å². The minimum atomic E-state index is 0.288. The zero-order chi connectivity index (χ0) is 17.2. The number of benzene rings is 1. The van der Waals surface area contributed by atoms with E-state index in [0.717, 1.165) is 50.4 Å². The average Bonchev–Trinajstić information content (AvgIpc) is 3.09. The molecule has 3 heterocycles. The van der Waals surface area contributed by atoms with E-state index in [9.17, 15) is 4.79 Å². The molecule has 1 aromatic rings. The quantitative estimate of drug-likeness (QED) is 0.846. The van der Waals surface area contributed by atoms with Crippen LogP contribution in [0.15, 0.2) is 18.2 Å². The summed E-state index contributed by atoms with van der Waals surface area (Å²) < 4.78 is 11.4. The van der Waals surface area contributed by atoms with Gasteiger partial charge in [-0.2, -0.15) is 0 Å². The molecular formula is C20H28N2O3. The molecule has 3 aliphatic rings. The number of hydrogen-bond donors (Lipinski definition) is 0. The fourth-order valence-corrected chi connectivity index (χ4v) is 4.35. The molecule has 136 valence electrons. The van der Waals surface area contributed by atoms with Crippen molar-refractivity contribution in [3.05, 3.63) is 23.8 Å². The Bertz CT molecular complexity index is 633. The largest absolute Gasteiger partial charge is 0.486 e. The van der Waals surface area contributed by atoms with Crippen LogP contribution in [0.25, 0.3) is 0 Å². The van der Waals surface area contributed by atoms with Crippen molar-refractivity contribution < 1.29 is 14.3 Å². The summed E-state index contributed by atoms with van der Waals surface area (Å²) in [6, 6.07) is 6.55. The molecule has 4 rings (SSSR count). The molecule has 0 aromatic heterocycles. The molecule has 25 heavy (non-hydrogen) atoms. The summed E-state index contributed by atoms with van der Waals surface area (Å²) in [5, 5.41) is 0. The predicted molar refractivity (Wildman–Crippen MR) is 96.0 cm³/mol. The van der Waals surface area contributed by atoms with Gasteiger partial charge in [0.25, 0.3) is 0 Å². The number of amides is 1. The molecule has 0 unspecified atom stereocenters. The molecular weight excluding hydrogens is 316 g/mol. The minimum Gasteiger partial charge on any atom is -0.486 e. The van der Waals surface area contributed by atoms with E-state index < -0.39 is 0 Å². The van der Waals surface area contributed by atoms with Crippen molar-refractivity contribution in [2.45, 2.75) is 38.6 Å². The number of rotatable bonds is 3. The van der Waals surface area contributed by atoms with Crippen molar-refractivity contribution in [2.75, 3.05) is 39.4 Å². The van der Waals surface area contributed by atoms with Gasteiger partial charge in [0, 0.05) is 19.1 Å². The Labute approximate surface area is 149 Å². The van der Waals surface area contributed by atoms with Gasteiger partial charge >= 0.3 is 0 Å². The van der Waals surface area contributed by atoms with Gasteiger partial charge in [-0.3, -0.25) is 9.69 Å². The minimum absolute atomic E-state index is 0.288. The third kappa shape index (κ3) is 3.61. The van der Waals surface area contributed by atoms with Crippen molar-refractivity contribution in [1.82, 2.24) is 9.80 Å². The van der Waals surface area contributed by atoms with Gasteiger partial charge in [0.2, 0.25) is 5.91 Å². The van der Waals surface area contributed by atoms with Crippen molar-refractivity contribution in [3.8, 4) is 11.5 Å². The van der Waals surface area contributed by atoms with E-state index in [2.05, 4.69) is 28.9 Å². The zero-order valence-electron chi connectivity index (χ0n) is 15.1. The van der Waals surface area contributed by atoms with Crippen LogP contribution in [0.1, 0.15) is 44.2 Å². The van der Waals surface area contributed by atoms with E-state index in [1.807, 2.05) is 6.07 Å². The highest BCUT2D eigenvalue weighted by molar-refractivity contribution is 5.78. The maximum atomic E-state index is 12.7.